The van der Waals surface area contributed by atoms with E-state index in [1.165, 1.54) is 12.1 Å². The average Bonchev–Trinajstić information content (AvgIpc) is 3.03. The van der Waals surface area contributed by atoms with Crippen molar-refractivity contribution in [2.24, 2.45) is 0 Å². The van der Waals surface area contributed by atoms with Crippen LogP contribution < -0.4 is 15.0 Å². The number of halogens is 3. The molecule has 2 aromatic rings. The molecular formula is C22H20F3N3O4. The van der Waals surface area contributed by atoms with Crippen LogP contribution in [0, 0.1) is 0 Å². The minimum atomic E-state index is -4.80. The highest BCUT2D eigenvalue weighted by atomic mass is 19.4. The van der Waals surface area contributed by atoms with Crippen molar-refractivity contribution in [3.05, 3.63) is 54.1 Å². The van der Waals surface area contributed by atoms with Crippen molar-refractivity contribution in [2.45, 2.75) is 38.2 Å². The first-order valence-corrected chi connectivity index (χ1v) is 9.98. The summed E-state index contributed by atoms with van der Waals surface area (Å²) in [6.45, 7) is 1.89. The zero-order valence-electron chi connectivity index (χ0n) is 17.1. The molecule has 2 aliphatic heterocycles. The lowest BCUT2D eigenvalue weighted by Crippen LogP contribution is -2.62. The van der Waals surface area contributed by atoms with E-state index in [-0.39, 0.29) is 24.8 Å². The Labute approximate surface area is 181 Å². The molecule has 0 radical (unpaired) electrons. The van der Waals surface area contributed by atoms with Gasteiger partial charge >= 0.3 is 6.36 Å². The summed E-state index contributed by atoms with van der Waals surface area (Å²) in [5.41, 5.74) is 0.410. The summed E-state index contributed by atoms with van der Waals surface area (Å²) in [5, 5.41) is 2.59. The molecule has 0 bridgehead atoms. The van der Waals surface area contributed by atoms with E-state index in [9.17, 15) is 27.6 Å². The summed E-state index contributed by atoms with van der Waals surface area (Å²) in [6, 6.07) is 11.7. The molecule has 4 rings (SSSR count). The lowest BCUT2D eigenvalue weighted by molar-refractivity contribution is -0.274. The summed E-state index contributed by atoms with van der Waals surface area (Å²) in [6.07, 6.45) is -4.09. The first-order valence-electron chi connectivity index (χ1n) is 9.98. The zero-order valence-corrected chi connectivity index (χ0v) is 17.1. The first-order chi connectivity index (χ1) is 15.1. The molecule has 1 atom stereocenters. The second-order valence-electron chi connectivity index (χ2n) is 7.79. The summed E-state index contributed by atoms with van der Waals surface area (Å²) in [4.78, 5) is 41.3. The van der Waals surface area contributed by atoms with Crippen molar-refractivity contribution in [3.8, 4) is 5.75 Å². The molecule has 168 valence electrons. The highest BCUT2D eigenvalue weighted by Gasteiger charge is 2.52. The quantitative estimate of drug-likeness (QED) is 0.754. The van der Waals surface area contributed by atoms with Crippen LogP contribution in [0.4, 0.5) is 24.5 Å². The molecule has 3 amide bonds. The number of fused-ring (bicyclic) bond motifs is 3. The Hall–Kier alpha value is -3.56. The van der Waals surface area contributed by atoms with Gasteiger partial charge in [0.15, 0.2) is 0 Å². The monoisotopic (exact) mass is 447 g/mol. The number of anilines is 2. The smallest absolute Gasteiger partial charge is 0.406 e. The topological polar surface area (TPSA) is 79.0 Å². The fourth-order valence-corrected chi connectivity index (χ4v) is 4.22. The van der Waals surface area contributed by atoms with Crippen molar-refractivity contribution < 1.29 is 32.3 Å². The molecule has 2 aromatic carbocycles. The van der Waals surface area contributed by atoms with Crippen molar-refractivity contribution in [2.75, 3.05) is 16.8 Å². The molecule has 0 unspecified atom stereocenters. The number of rotatable bonds is 5. The third-order valence-corrected chi connectivity index (χ3v) is 5.68. The molecule has 0 aliphatic carbocycles. The van der Waals surface area contributed by atoms with Crippen LogP contribution in [0.15, 0.2) is 48.5 Å². The lowest BCUT2D eigenvalue weighted by atomic mass is 9.98. The van der Waals surface area contributed by atoms with Crippen LogP contribution in [-0.4, -0.2) is 41.2 Å². The van der Waals surface area contributed by atoms with E-state index in [1.54, 1.807) is 34.1 Å². The second kappa shape index (κ2) is 7.85. The van der Waals surface area contributed by atoms with Gasteiger partial charge in [0.05, 0.1) is 11.3 Å². The number of benzene rings is 2. The Kier molecular flexibility index (Phi) is 5.31. The van der Waals surface area contributed by atoms with E-state index in [4.69, 9.17) is 0 Å². The molecule has 1 fully saturated rings. The van der Waals surface area contributed by atoms with Gasteiger partial charge < -0.3 is 15.0 Å². The number of carbonyl (C=O) groups excluding carboxylic acids is 3. The number of amides is 3. The van der Waals surface area contributed by atoms with E-state index in [0.29, 0.717) is 29.8 Å². The molecule has 0 saturated carbocycles. The average molecular weight is 447 g/mol. The fraction of sp³-hybridized carbons (Fsp3) is 0.318. The van der Waals surface area contributed by atoms with Crippen molar-refractivity contribution >= 4 is 29.1 Å². The Balaban J connectivity index is 1.45. The van der Waals surface area contributed by atoms with E-state index >= 15 is 0 Å². The van der Waals surface area contributed by atoms with Gasteiger partial charge in [0, 0.05) is 25.1 Å². The van der Waals surface area contributed by atoms with Crippen molar-refractivity contribution in [1.29, 1.82) is 0 Å². The minimum Gasteiger partial charge on any atom is -0.406 e. The minimum absolute atomic E-state index is 0.0493. The second-order valence-corrected chi connectivity index (χ2v) is 7.79. The van der Waals surface area contributed by atoms with Gasteiger partial charge in [-0.1, -0.05) is 12.1 Å². The van der Waals surface area contributed by atoms with E-state index < -0.39 is 23.7 Å². The van der Waals surface area contributed by atoms with Crippen LogP contribution in [0.25, 0.3) is 0 Å². The van der Waals surface area contributed by atoms with E-state index in [0.717, 1.165) is 12.1 Å². The van der Waals surface area contributed by atoms with Crippen LogP contribution in [0.5, 0.6) is 5.75 Å². The zero-order chi connectivity index (χ0) is 23.1. The number of nitrogens with one attached hydrogen (secondary N) is 1. The van der Waals surface area contributed by atoms with Gasteiger partial charge in [0.2, 0.25) is 11.8 Å². The van der Waals surface area contributed by atoms with Crippen LogP contribution >= 0.6 is 0 Å². The van der Waals surface area contributed by atoms with Gasteiger partial charge in [-0.2, -0.15) is 0 Å². The van der Waals surface area contributed by atoms with Crippen LogP contribution in [0.2, 0.25) is 0 Å². The highest BCUT2D eigenvalue weighted by Crippen LogP contribution is 2.44. The predicted octanol–water partition coefficient (Wildman–Crippen LogP) is 3.91. The number of para-hydroxylation sites is 1. The molecule has 2 aliphatic rings. The maximum Gasteiger partial charge on any atom is 0.573 e. The van der Waals surface area contributed by atoms with Crippen LogP contribution in [0.1, 0.15) is 36.5 Å². The molecule has 0 aromatic heterocycles. The molecule has 32 heavy (non-hydrogen) atoms. The lowest BCUT2D eigenvalue weighted by Gasteiger charge is -2.48. The predicted molar refractivity (Wildman–Crippen MR) is 109 cm³/mol. The third kappa shape index (κ3) is 4.00. The molecule has 1 saturated heterocycles. The molecule has 0 spiro atoms. The number of carbonyl (C=O) groups is 3. The molecular weight excluding hydrogens is 427 g/mol. The number of nitrogens with zero attached hydrogens (tertiary/aromatic N) is 2. The van der Waals surface area contributed by atoms with Crippen LogP contribution in [0.3, 0.4) is 0 Å². The Bertz CT molecular complexity index is 1070. The molecule has 7 nitrogen and oxygen atoms in total. The first kappa shape index (κ1) is 21.7. The maximum atomic E-state index is 13.1. The Morgan fingerprint density at radius 2 is 1.81 bits per heavy atom. The van der Waals surface area contributed by atoms with Gasteiger partial charge in [-0.25, -0.2) is 0 Å². The van der Waals surface area contributed by atoms with Gasteiger partial charge in [-0.05, 0) is 49.7 Å². The third-order valence-electron chi connectivity index (χ3n) is 5.68. The fourth-order valence-electron chi connectivity index (χ4n) is 4.22. The standard InChI is InChI=1S/C22H20F3N3O4/c1-21-12-10-19(30)28(21)17-5-3-2-4-16(17)20(31)27(21)13-11-18(29)26-14-6-8-15(9-7-14)32-22(23,24)25/h2-9H,10-13H2,1H3,(H,26,29)/t21-/m1/s1. The van der Waals surface area contributed by atoms with Crippen LogP contribution in [-0.2, 0) is 9.59 Å². The molecule has 10 heteroatoms. The Morgan fingerprint density at radius 1 is 1.12 bits per heavy atom. The molecule has 1 N–H and O–H groups in total. The number of hydrogen-bond donors (Lipinski definition) is 1. The summed E-state index contributed by atoms with van der Waals surface area (Å²) < 4.78 is 40.6. The van der Waals surface area contributed by atoms with Crippen molar-refractivity contribution in [3.63, 3.8) is 0 Å². The van der Waals surface area contributed by atoms with E-state index in [2.05, 4.69) is 10.1 Å². The maximum absolute atomic E-state index is 13.1. The summed E-state index contributed by atoms with van der Waals surface area (Å²) >= 11 is 0. The van der Waals surface area contributed by atoms with Gasteiger partial charge in [-0.3, -0.25) is 19.3 Å². The van der Waals surface area contributed by atoms with Gasteiger partial charge in [-0.15, -0.1) is 13.2 Å². The Morgan fingerprint density at radius 3 is 2.50 bits per heavy atom. The summed E-state index contributed by atoms with van der Waals surface area (Å²) in [5.74, 6) is -1.15. The molecule has 2 heterocycles. The van der Waals surface area contributed by atoms with Crippen molar-refractivity contribution in [1.82, 2.24) is 4.90 Å². The number of ether oxygens (including phenoxy) is 1. The van der Waals surface area contributed by atoms with Gasteiger partial charge in [0.1, 0.15) is 11.4 Å². The summed E-state index contributed by atoms with van der Waals surface area (Å²) in [7, 11) is 0. The SMILES string of the molecule is C[C@]12CCC(=O)N1c1ccccc1C(=O)N2CCC(=O)Nc1ccc(OC(F)(F)F)cc1. The largest absolute Gasteiger partial charge is 0.573 e. The van der Waals surface area contributed by atoms with E-state index in [1.807, 2.05) is 6.92 Å². The normalized spacial score (nSPS) is 20.1. The van der Waals surface area contributed by atoms with Gasteiger partial charge in [0.25, 0.3) is 5.91 Å². The number of alkyl halides is 3. The number of hydrogen-bond acceptors (Lipinski definition) is 4. The highest BCUT2D eigenvalue weighted by molar-refractivity contribution is 6.10.